The van der Waals surface area contributed by atoms with E-state index in [1.54, 1.807) is 0 Å². The van der Waals surface area contributed by atoms with Crippen LogP contribution in [0.3, 0.4) is 0 Å². The first kappa shape index (κ1) is 11.9. The zero-order valence-electron chi connectivity index (χ0n) is 11.1. The van der Waals surface area contributed by atoms with E-state index in [9.17, 15) is 0 Å². The van der Waals surface area contributed by atoms with Gasteiger partial charge in [0.2, 0.25) is 0 Å². The van der Waals surface area contributed by atoms with Crippen molar-refractivity contribution < 1.29 is 4.74 Å². The molecule has 3 rings (SSSR count). The summed E-state index contributed by atoms with van der Waals surface area (Å²) in [7, 11) is 0. The van der Waals surface area contributed by atoms with E-state index in [0.717, 1.165) is 26.1 Å². The van der Waals surface area contributed by atoms with Crippen LogP contribution in [0.25, 0.3) is 0 Å². The molecule has 3 heterocycles. The van der Waals surface area contributed by atoms with E-state index in [-0.39, 0.29) is 0 Å². The number of anilines is 1. The Kier molecular flexibility index (Phi) is 3.22. The third-order valence-corrected chi connectivity index (χ3v) is 3.86. The molecule has 18 heavy (non-hydrogen) atoms. The summed E-state index contributed by atoms with van der Waals surface area (Å²) < 4.78 is 5.45. The molecule has 0 aliphatic carbocycles. The van der Waals surface area contributed by atoms with Crippen LogP contribution in [0.1, 0.15) is 25.0 Å². The van der Waals surface area contributed by atoms with Gasteiger partial charge in [0, 0.05) is 38.0 Å². The minimum atomic E-state index is 0.537. The molecule has 1 aromatic rings. The van der Waals surface area contributed by atoms with Crippen LogP contribution in [0.4, 0.5) is 5.82 Å². The summed E-state index contributed by atoms with van der Waals surface area (Å²) in [4.78, 5) is 7.15. The largest absolute Gasteiger partial charge is 0.377 e. The van der Waals surface area contributed by atoms with Gasteiger partial charge in [0.1, 0.15) is 5.82 Å². The van der Waals surface area contributed by atoms with E-state index >= 15 is 0 Å². The fourth-order valence-corrected chi connectivity index (χ4v) is 3.06. The molecule has 0 amide bonds. The van der Waals surface area contributed by atoms with Crippen molar-refractivity contribution in [1.82, 2.24) is 10.3 Å². The average molecular weight is 247 g/mol. The van der Waals surface area contributed by atoms with Crippen molar-refractivity contribution >= 4 is 5.82 Å². The van der Waals surface area contributed by atoms with Crippen LogP contribution < -0.4 is 10.2 Å². The summed E-state index contributed by atoms with van der Waals surface area (Å²) in [5.41, 5.74) is 2.57. The summed E-state index contributed by atoms with van der Waals surface area (Å²) in [6, 6.07) is 3.39. The quantitative estimate of drug-likeness (QED) is 0.874. The Hall–Kier alpha value is -1.13. The van der Waals surface area contributed by atoms with E-state index < -0.39 is 0 Å². The minimum absolute atomic E-state index is 0.537. The van der Waals surface area contributed by atoms with Crippen molar-refractivity contribution in [2.45, 2.75) is 39.0 Å². The molecule has 0 unspecified atom stereocenters. The van der Waals surface area contributed by atoms with Gasteiger partial charge in [-0.05, 0) is 37.5 Å². The van der Waals surface area contributed by atoms with Gasteiger partial charge in [0.05, 0.1) is 6.61 Å². The predicted molar refractivity (Wildman–Crippen MR) is 71.9 cm³/mol. The van der Waals surface area contributed by atoms with E-state index in [4.69, 9.17) is 4.74 Å². The highest BCUT2D eigenvalue weighted by molar-refractivity contribution is 5.56. The van der Waals surface area contributed by atoms with Crippen LogP contribution in [0.2, 0.25) is 0 Å². The Bertz CT molecular complexity index is 435. The fraction of sp³-hybridized carbons (Fsp3) is 0.643. The highest BCUT2D eigenvalue weighted by Gasteiger charge is 2.36. The highest BCUT2D eigenvalue weighted by atomic mass is 16.5. The number of piperazine rings is 1. The van der Waals surface area contributed by atoms with E-state index in [1.807, 2.05) is 13.1 Å². The topological polar surface area (TPSA) is 37.4 Å². The van der Waals surface area contributed by atoms with E-state index in [0.29, 0.717) is 18.7 Å². The molecule has 98 valence electrons. The number of pyridine rings is 1. The molecule has 1 N–H and O–H groups in total. The summed E-state index contributed by atoms with van der Waals surface area (Å²) in [5, 5.41) is 3.50. The molecule has 1 saturated heterocycles. The van der Waals surface area contributed by atoms with Crippen LogP contribution in [0.15, 0.2) is 12.3 Å². The second kappa shape index (κ2) is 4.86. The van der Waals surface area contributed by atoms with Crippen LogP contribution in [0, 0.1) is 0 Å². The lowest BCUT2D eigenvalue weighted by Gasteiger charge is -2.37. The van der Waals surface area contributed by atoms with E-state index in [2.05, 4.69) is 28.2 Å². The Morgan fingerprint density at radius 1 is 1.50 bits per heavy atom. The Morgan fingerprint density at radius 2 is 2.39 bits per heavy atom. The molecule has 0 saturated carbocycles. The van der Waals surface area contributed by atoms with Gasteiger partial charge in [-0.15, -0.1) is 0 Å². The van der Waals surface area contributed by atoms with Gasteiger partial charge in [0.15, 0.2) is 0 Å². The van der Waals surface area contributed by atoms with Crippen molar-refractivity contribution in [2.24, 2.45) is 0 Å². The maximum absolute atomic E-state index is 5.45. The fourth-order valence-electron chi connectivity index (χ4n) is 3.06. The summed E-state index contributed by atoms with van der Waals surface area (Å²) in [6.07, 6.45) is 3.07. The molecule has 1 fully saturated rings. The van der Waals surface area contributed by atoms with Gasteiger partial charge in [-0.1, -0.05) is 0 Å². The smallest absolute Gasteiger partial charge is 0.132 e. The molecule has 1 aromatic heterocycles. The van der Waals surface area contributed by atoms with Gasteiger partial charge in [-0.3, -0.25) is 0 Å². The maximum atomic E-state index is 5.45. The number of nitrogens with one attached hydrogen (secondary N) is 1. The number of hydrogen-bond acceptors (Lipinski definition) is 4. The van der Waals surface area contributed by atoms with Gasteiger partial charge < -0.3 is 15.0 Å². The molecule has 0 aromatic carbocycles. The Balaban J connectivity index is 1.84. The van der Waals surface area contributed by atoms with Crippen LogP contribution in [0.5, 0.6) is 0 Å². The number of fused-ring (bicyclic) bond motifs is 3. The molecular weight excluding hydrogens is 226 g/mol. The van der Waals surface area contributed by atoms with Crippen molar-refractivity contribution in [3.8, 4) is 0 Å². The number of ether oxygens (including phenoxy) is 1. The van der Waals surface area contributed by atoms with Crippen molar-refractivity contribution in [1.29, 1.82) is 0 Å². The second-order valence-corrected chi connectivity index (χ2v) is 5.24. The Morgan fingerprint density at radius 3 is 3.22 bits per heavy atom. The molecule has 2 aliphatic heterocycles. The standard InChI is InChI=1S/C14H21N3O/c1-3-18-9-11-4-12-5-13-8-15-6-10(2)17(13)14(12)16-7-11/h4,7,10,13,15H,3,5-6,8-9H2,1-2H3/t10-,13-/m1/s1. The van der Waals surface area contributed by atoms with Crippen LogP contribution in [-0.4, -0.2) is 36.8 Å². The molecule has 0 radical (unpaired) electrons. The monoisotopic (exact) mass is 247 g/mol. The molecule has 2 atom stereocenters. The number of nitrogens with zero attached hydrogens (tertiary/aromatic N) is 2. The summed E-state index contributed by atoms with van der Waals surface area (Å²) in [6.45, 7) is 7.85. The van der Waals surface area contributed by atoms with Crippen LogP contribution in [-0.2, 0) is 17.8 Å². The van der Waals surface area contributed by atoms with Crippen molar-refractivity contribution in [3.05, 3.63) is 23.4 Å². The molecular formula is C14H21N3O. The zero-order chi connectivity index (χ0) is 12.5. The van der Waals surface area contributed by atoms with Crippen molar-refractivity contribution in [2.75, 3.05) is 24.6 Å². The third-order valence-electron chi connectivity index (χ3n) is 3.86. The molecule has 2 aliphatic rings. The molecule has 4 heteroatoms. The lowest BCUT2D eigenvalue weighted by atomic mass is 10.1. The van der Waals surface area contributed by atoms with Gasteiger partial charge in [0.25, 0.3) is 0 Å². The first-order chi connectivity index (χ1) is 8.79. The normalized spacial score (nSPS) is 26.0. The maximum Gasteiger partial charge on any atom is 0.132 e. The van der Waals surface area contributed by atoms with E-state index in [1.165, 1.54) is 16.9 Å². The summed E-state index contributed by atoms with van der Waals surface area (Å²) >= 11 is 0. The molecule has 0 spiro atoms. The number of hydrogen-bond donors (Lipinski definition) is 1. The van der Waals surface area contributed by atoms with Gasteiger partial charge in [-0.25, -0.2) is 4.98 Å². The highest BCUT2D eigenvalue weighted by Crippen LogP contribution is 2.33. The van der Waals surface area contributed by atoms with Crippen molar-refractivity contribution in [3.63, 3.8) is 0 Å². The SMILES string of the molecule is CCOCc1cnc2c(c1)C[C@@H]1CNC[C@@H](C)N21. The molecule has 4 nitrogen and oxygen atoms in total. The number of rotatable bonds is 3. The molecule has 0 bridgehead atoms. The van der Waals surface area contributed by atoms with Gasteiger partial charge >= 0.3 is 0 Å². The second-order valence-electron chi connectivity index (χ2n) is 5.24. The first-order valence-electron chi connectivity index (χ1n) is 6.84. The van der Waals surface area contributed by atoms with Crippen LogP contribution >= 0.6 is 0 Å². The minimum Gasteiger partial charge on any atom is -0.377 e. The summed E-state index contributed by atoms with van der Waals surface area (Å²) in [5.74, 6) is 1.19. The van der Waals surface area contributed by atoms with Gasteiger partial charge in [-0.2, -0.15) is 0 Å². The lowest BCUT2D eigenvalue weighted by Crippen LogP contribution is -2.55. The Labute approximate surface area is 108 Å². The average Bonchev–Trinajstić information content (AvgIpc) is 2.75. The predicted octanol–water partition coefficient (Wildman–Crippen LogP) is 1.34. The first-order valence-corrected chi connectivity index (χ1v) is 6.84. The third kappa shape index (κ3) is 1.99. The zero-order valence-corrected chi connectivity index (χ0v) is 11.1. The number of aromatic nitrogens is 1. The lowest BCUT2D eigenvalue weighted by molar-refractivity contribution is 0.134.